The molecule has 204 valence electrons. The van der Waals surface area contributed by atoms with Gasteiger partial charge in [-0.15, -0.1) is 0 Å². The largest absolute Gasteiger partial charge is 0.438 e. The maximum Gasteiger partial charge on any atom is 0.227 e. The van der Waals surface area contributed by atoms with Gasteiger partial charge in [-0.1, -0.05) is 51.6 Å². The Bertz CT molecular complexity index is 1920. The third-order valence-corrected chi connectivity index (χ3v) is 8.91. The number of allylic oxidation sites excluding steroid dienone is 1. The van der Waals surface area contributed by atoms with Crippen LogP contribution in [0.3, 0.4) is 0 Å². The number of nitrogens with zero attached hydrogens (tertiary/aromatic N) is 3. The van der Waals surface area contributed by atoms with Gasteiger partial charge in [-0.2, -0.15) is 4.57 Å². The number of fused-ring (bicyclic) bond motifs is 9. The van der Waals surface area contributed by atoms with Crippen LogP contribution in [0.15, 0.2) is 95.5 Å². The quantitative estimate of drug-likeness (QED) is 0.201. The molecule has 4 heteroatoms. The molecule has 0 spiro atoms. The zero-order valence-corrected chi connectivity index (χ0v) is 24.4. The van der Waals surface area contributed by atoms with Gasteiger partial charge in [-0.3, -0.25) is 4.99 Å². The van der Waals surface area contributed by atoms with Gasteiger partial charge in [0.25, 0.3) is 0 Å². The summed E-state index contributed by atoms with van der Waals surface area (Å²) in [5, 5.41) is 2.15. The van der Waals surface area contributed by atoms with E-state index >= 15 is 0 Å². The van der Waals surface area contributed by atoms with E-state index in [1.165, 1.54) is 27.8 Å². The number of hydrogen-bond acceptors (Lipinski definition) is 3. The molecule has 0 fully saturated rings. The van der Waals surface area contributed by atoms with Crippen molar-refractivity contribution in [3.8, 4) is 11.3 Å². The normalized spacial score (nSPS) is 18.7. The molecule has 5 aromatic rings. The topological polar surface area (TPSA) is 42.3 Å². The zero-order chi connectivity index (χ0) is 28.5. The van der Waals surface area contributed by atoms with Crippen molar-refractivity contribution in [3.63, 3.8) is 0 Å². The molecule has 2 aliphatic heterocycles. The summed E-state index contributed by atoms with van der Waals surface area (Å²) in [6.07, 6.45) is 6.78. The Hall–Kier alpha value is -4.31. The molecule has 3 aromatic heterocycles. The fourth-order valence-corrected chi connectivity index (χ4v) is 6.68. The molecule has 0 amide bonds. The first-order valence-corrected chi connectivity index (χ1v) is 14.6. The minimum atomic E-state index is 0.0155. The number of rotatable bonds is 1. The van der Waals surface area contributed by atoms with E-state index in [1.54, 1.807) is 0 Å². The maximum absolute atomic E-state index is 6.34. The number of benzene rings is 2. The summed E-state index contributed by atoms with van der Waals surface area (Å²) in [4.78, 5) is 9.95. The number of furan rings is 1. The van der Waals surface area contributed by atoms with Crippen molar-refractivity contribution in [2.45, 2.75) is 64.3 Å². The summed E-state index contributed by atoms with van der Waals surface area (Å²) in [5.74, 6) is 0.284. The molecule has 2 aliphatic rings. The first-order chi connectivity index (χ1) is 19.7. The standard InChI is InChI=1S/C37H36N3O/c1-7-32-27-11-9-8-10-26(27)28-15-13-24-19-35-31(29-14-12-22(2)38-36(29)41-35)21-30(24)34-20-25(37(4,5)6)16-17-40(34)23(3)18-33(28)39-32/h7-12,14,16-17,19-21,28,33H,1,3,13,15,18H2,2,4-6H3/q+1. The number of hydrogen-bond donors (Lipinski definition) is 0. The van der Waals surface area contributed by atoms with Gasteiger partial charge < -0.3 is 4.42 Å². The summed E-state index contributed by atoms with van der Waals surface area (Å²) >= 11 is 0. The molecule has 0 radical (unpaired) electrons. The molecule has 0 aliphatic carbocycles. The SMILES string of the molecule is C=CC1=NC2CC(=C)[n+]3ccc(C(C)(C)C)cc3-c3cc4c(cc3CCC2c2ccccc21)oc1nc(C)ccc14. The van der Waals surface area contributed by atoms with E-state index in [1.807, 2.05) is 13.0 Å². The lowest BCUT2D eigenvalue weighted by molar-refractivity contribution is -0.571. The summed E-state index contributed by atoms with van der Waals surface area (Å²) in [5.41, 5.74) is 12.1. The van der Waals surface area contributed by atoms with Crippen LogP contribution in [-0.2, 0) is 11.8 Å². The molecule has 4 nitrogen and oxygen atoms in total. The Kier molecular flexibility index (Phi) is 5.86. The van der Waals surface area contributed by atoms with Crippen molar-refractivity contribution in [2.75, 3.05) is 0 Å². The second-order valence-electron chi connectivity index (χ2n) is 12.6. The third-order valence-electron chi connectivity index (χ3n) is 8.91. The first-order valence-electron chi connectivity index (χ1n) is 14.6. The van der Waals surface area contributed by atoms with Gasteiger partial charge in [0, 0.05) is 40.1 Å². The molecule has 0 bridgehead atoms. The molecule has 5 heterocycles. The lowest BCUT2D eigenvalue weighted by atomic mass is 9.78. The summed E-state index contributed by atoms with van der Waals surface area (Å²) in [7, 11) is 0. The Balaban J connectivity index is 1.48. The van der Waals surface area contributed by atoms with Crippen LogP contribution < -0.4 is 4.57 Å². The van der Waals surface area contributed by atoms with Crippen LogP contribution in [0.5, 0.6) is 0 Å². The van der Waals surface area contributed by atoms with E-state index in [9.17, 15) is 0 Å². The lowest BCUT2D eigenvalue weighted by Crippen LogP contribution is -2.39. The van der Waals surface area contributed by atoms with Crippen LogP contribution in [0.2, 0.25) is 0 Å². The highest BCUT2D eigenvalue weighted by molar-refractivity contribution is 6.10. The molecule has 41 heavy (non-hydrogen) atoms. The van der Waals surface area contributed by atoms with E-state index in [-0.39, 0.29) is 17.4 Å². The van der Waals surface area contributed by atoms with Gasteiger partial charge in [0.2, 0.25) is 11.4 Å². The number of aliphatic imine (C=N–C) groups is 1. The van der Waals surface area contributed by atoms with Crippen molar-refractivity contribution >= 4 is 33.5 Å². The van der Waals surface area contributed by atoms with Crippen molar-refractivity contribution in [2.24, 2.45) is 4.99 Å². The monoisotopic (exact) mass is 538 g/mol. The van der Waals surface area contributed by atoms with E-state index in [2.05, 4.69) is 105 Å². The van der Waals surface area contributed by atoms with Crippen LogP contribution in [0.25, 0.3) is 39.0 Å². The average molecular weight is 539 g/mol. The maximum atomic E-state index is 6.34. The first kappa shape index (κ1) is 25.6. The van der Waals surface area contributed by atoms with E-state index in [4.69, 9.17) is 14.4 Å². The van der Waals surface area contributed by atoms with E-state index in [0.717, 1.165) is 58.4 Å². The second-order valence-corrected chi connectivity index (χ2v) is 12.6. The van der Waals surface area contributed by atoms with Crippen LogP contribution >= 0.6 is 0 Å². The molecular weight excluding hydrogens is 502 g/mol. The number of aromatic nitrogens is 2. The molecule has 2 unspecified atom stereocenters. The molecule has 7 rings (SSSR count). The fourth-order valence-electron chi connectivity index (χ4n) is 6.68. The van der Waals surface area contributed by atoms with Crippen molar-refractivity contribution in [1.29, 1.82) is 0 Å². The van der Waals surface area contributed by atoms with Gasteiger partial charge in [-0.05, 0) is 78.8 Å². The predicted octanol–water partition coefficient (Wildman–Crippen LogP) is 8.49. The number of aryl methyl sites for hydroxylation is 2. The van der Waals surface area contributed by atoms with Gasteiger partial charge in [0.1, 0.15) is 5.58 Å². The summed E-state index contributed by atoms with van der Waals surface area (Å²) in [6, 6.07) is 22.2. The molecule has 2 aromatic carbocycles. The smallest absolute Gasteiger partial charge is 0.227 e. The Morgan fingerprint density at radius 3 is 2.63 bits per heavy atom. The van der Waals surface area contributed by atoms with Crippen molar-refractivity contribution < 1.29 is 8.98 Å². The molecule has 2 atom stereocenters. The highest BCUT2D eigenvalue weighted by Gasteiger charge is 2.35. The third kappa shape index (κ3) is 4.24. The highest BCUT2D eigenvalue weighted by Crippen LogP contribution is 2.41. The van der Waals surface area contributed by atoms with E-state index < -0.39 is 0 Å². The molecule has 0 saturated carbocycles. The van der Waals surface area contributed by atoms with Gasteiger partial charge >= 0.3 is 0 Å². The number of pyridine rings is 2. The van der Waals surface area contributed by atoms with Crippen molar-refractivity contribution in [1.82, 2.24) is 4.98 Å². The molecular formula is C37H36N3O+. The van der Waals surface area contributed by atoms with Crippen LogP contribution in [0.1, 0.15) is 67.5 Å². The van der Waals surface area contributed by atoms with Crippen molar-refractivity contribution in [3.05, 3.63) is 114 Å². The van der Waals surface area contributed by atoms with Crippen LogP contribution in [0.4, 0.5) is 0 Å². The molecule has 0 saturated heterocycles. The predicted molar refractivity (Wildman–Crippen MR) is 169 cm³/mol. The zero-order valence-electron chi connectivity index (χ0n) is 24.4. The van der Waals surface area contributed by atoms with Crippen LogP contribution in [-0.4, -0.2) is 16.7 Å². The highest BCUT2D eigenvalue weighted by atomic mass is 16.3. The minimum absolute atomic E-state index is 0.0155. The van der Waals surface area contributed by atoms with E-state index in [0.29, 0.717) is 5.71 Å². The lowest BCUT2D eigenvalue weighted by Gasteiger charge is -2.32. The van der Waals surface area contributed by atoms with Gasteiger partial charge in [0.05, 0.1) is 23.7 Å². The summed E-state index contributed by atoms with van der Waals surface area (Å²) < 4.78 is 8.63. The fraction of sp³-hybridized carbons (Fsp3) is 0.270. The second kappa shape index (κ2) is 9.37. The minimum Gasteiger partial charge on any atom is -0.438 e. The summed E-state index contributed by atoms with van der Waals surface area (Å²) in [6.45, 7) is 17.5. The van der Waals surface area contributed by atoms with Gasteiger partial charge in [-0.25, -0.2) is 4.98 Å². The Labute approximate surface area is 241 Å². The van der Waals surface area contributed by atoms with Gasteiger partial charge in [0.15, 0.2) is 11.9 Å². The molecule has 0 N–H and O–H groups in total. The Morgan fingerprint density at radius 2 is 1.83 bits per heavy atom. The Morgan fingerprint density at radius 1 is 1.00 bits per heavy atom. The average Bonchev–Trinajstić information content (AvgIpc) is 3.30. The van der Waals surface area contributed by atoms with Crippen LogP contribution in [0, 0.1) is 6.92 Å².